The Morgan fingerprint density at radius 3 is 2.21 bits per heavy atom. The Hall–Kier alpha value is -3.85. The summed E-state index contributed by atoms with van der Waals surface area (Å²) in [5.41, 5.74) is -2.17. The summed E-state index contributed by atoms with van der Waals surface area (Å²) in [4.78, 5) is 46.3. The summed E-state index contributed by atoms with van der Waals surface area (Å²) in [7, 11) is 6.81. The number of rotatable bonds is 11. The summed E-state index contributed by atoms with van der Waals surface area (Å²) in [6, 6.07) is 7.97. The Morgan fingerprint density at radius 1 is 0.926 bits per heavy atom. The molecule has 1 amide bonds. The first-order valence-electron chi connectivity index (χ1n) is 24.0. The van der Waals surface area contributed by atoms with Crippen molar-refractivity contribution in [1.82, 2.24) is 15.1 Å². The number of likely N-dealkylation sites (N-methyl/N-ethyl adjacent to an activating group) is 1. The zero-order chi connectivity index (χ0) is 50.2. The molecular weight excluding hydrogens is 881 g/mol. The van der Waals surface area contributed by atoms with Crippen LogP contribution in [0.25, 0.3) is 11.3 Å². The second kappa shape index (κ2) is 21.2. The average molecular weight is 957 g/mol. The number of methoxy groups -OCH3 is 2. The van der Waals surface area contributed by atoms with Crippen LogP contribution < -0.4 is 0 Å². The van der Waals surface area contributed by atoms with Gasteiger partial charge in [-0.15, -0.1) is 0 Å². The zero-order valence-electron chi connectivity index (χ0n) is 42.5. The van der Waals surface area contributed by atoms with E-state index < -0.39 is 108 Å². The molecule has 0 aliphatic carbocycles. The standard InChI is InChI=1S/C50H76N4O14/c1-16-36-50(11)42(54(47(59)67-50)51-25-34-31(7)52-68-41(34)33-20-18-17-19-21-33)28(4)38(55)26(2)23-49(10,61-15)44(66-46-39(56)35(53(12)13)22-27(3)62-46)29(5)40(30(6)45(58)64-36)65-37-24-48(9,60-14)43(57)32(8)63-37/h17-21,25-30,32,35-37,39-40,42-44,46,56-57H,16,22-24H2,1-15H3/b51-25+/t26-,27?,28+,29+,30-,32?,35?,36-,37?,39?,40+,42-,43?,44-,46?,48?,49-,50-/m1/s1. The molecule has 1 aromatic carbocycles. The van der Waals surface area contributed by atoms with Gasteiger partial charge in [0.15, 0.2) is 23.9 Å². The third kappa shape index (κ3) is 10.4. The summed E-state index contributed by atoms with van der Waals surface area (Å²) in [6.07, 6.45) is -6.76. The molecule has 4 aliphatic heterocycles. The maximum atomic E-state index is 15.1. The minimum absolute atomic E-state index is 0.0899. The number of ether oxygens (including phenoxy) is 8. The number of aryl methyl sites for hydroxylation is 1. The van der Waals surface area contributed by atoms with Gasteiger partial charge < -0.3 is 57.5 Å². The van der Waals surface area contributed by atoms with Gasteiger partial charge in [-0.1, -0.05) is 63.2 Å². The summed E-state index contributed by atoms with van der Waals surface area (Å²) in [5.74, 6) is -3.95. The molecule has 380 valence electrons. The van der Waals surface area contributed by atoms with Crippen molar-refractivity contribution >= 4 is 24.1 Å². The lowest BCUT2D eigenvalue weighted by Crippen LogP contribution is -2.61. The van der Waals surface area contributed by atoms with Crippen molar-refractivity contribution in [3.05, 3.63) is 41.6 Å². The van der Waals surface area contributed by atoms with Gasteiger partial charge in [0.25, 0.3) is 0 Å². The summed E-state index contributed by atoms with van der Waals surface area (Å²) >= 11 is 0. The van der Waals surface area contributed by atoms with E-state index in [4.69, 9.17) is 47.5 Å². The van der Waals surface area contributed by atoms with E-state index in [1.165, 1.54) is 20.4 Å². The molecule has 8 unspecified atom stereocenters. The maximum Gasteiger partial charge on any atom is 0.431 e. The number of carbonyl (C=O) groups is 3. The molecule has 1 aromatic heterocycles. The van der Waals surface area contributed by atoms with E-state index in [9.17, 15) is 19.8 Å². The normalized spacial score (nSPS) is 41.1. The monoisotopic (exact) mass is 957 g/mol. The van der Waals surface area contributed by atoms with Crippen molar-refractivity contribution in [2.45, 2.75) is 186 Å². The number of cyclic esters (lactones) is 1. The Bertz CT molecular complexity index is 2090. The molecular formula is C50H76N4O14. The number of amides is 1. The molecule has 18 atom stereocenters. The first-order valence-corrected chi connectivity index (χ1v) is 24.0. The lowest BCUT2D eigenvalue weighted by atomic mass is 9.73. The van der Waals surface area contributed by atoms with Crippen LogP contribution in [0.3, 0.4) is 0 Å². The third-order valence-corrected chi connectivity index (χ3v) is 15.3. The van der Waals surface area contributed by atoms with Gasteiger partial charge in [-0.25, -0.2) is 4.79 Å². The molecule has 0 spiro atoms. The van der Waals surface area contributed by atoms with Crippen molar-refractivity contribution in [2.24, 2.45) is 28.8 Å². The Kier molecular flexibility index (Phi) is 16.7. The van der Waals surface area contributed by atoms with Crippen molar-refractivity contribution in [3.8, 4) is 11.3 Å². The van der Waals surface area contributed by atoms with E-state index in [2.05, 4.69) is 5.16 Å². The highest BCUT2D eigenvalue weighted by Gasteiger charge is 2.61. The number of aliphatic hydroxyl groups is 2. The number of ketones is 1. The van der Waals surface area contributed by atoms with Crippen LogP contribution in [0.4, 0.5) is 4.79 Å². The van der Waals surface area contributed by atoms with Crippen LogP contribution in [0, 0.1) is 30.6 Å². The first kappa shape index (κ1) is 53.5. The number of carbonyl (C=O) groups excluding carboxylic acids is 3. The molecule has 18 heteroatoms. The van der Waals surface area contributed by atoms with Gasteiger partial charge in [0, 0.05) is 50.0 Å². The minimum atomic E-state index is -1.59. The zero-order valence-corrected chi connectivity index (χ0v) is 42.5. The van der Waals surface area contributed by atoms with E-state index in [0.717, 1.165) is 10.6 Å². The molecule has 6 rings (SSSR count). The highest BCUT2D eigenvalue weighted by molar-refractivity contribution is 5.90. The van der Waals surface area contributed by atoms with Crippen molar-refractivity contribution in [2.75, 3.05) is 28.3 Å². The van der Waals surface area contributed by atoms with Crippen LogP contribution in [0.2, 0.25) is 0 Å². The molecule has 4 fully saturated rings. The highest BCUT2D eigenvalue weighted by atomic mass is 16.7. The molecule has 18 nitrogen and oxygen atoms in total. The lowest BCUT2D eigenvalue weighted by Gasteiger charge is -2.50. The van der Waals surface area contributed by atoms with Gasteiger partial charge in [0.05, 0.1) is 59.0 Å². The molecule has 2 N–H and O–H groups in total. The van der Waals surface area contributed by atoms with Gasteiger partial charge in [0.2, 0.25) is 0 Å². The molecule has 0 saturated carbocycles. The quantitative estimate of drug-likeness (QED) is 0.198. The van der Waals surface area contributed by atoms with Crippen molar-refractivity contribution < 1.29 is 67.0 Å². The van der Waals surface area contributed by atoms with Crippen LogP contribution in [0.15, 0.2) is 40.0 Å². The Labute approximate surface area is 401 Å². The molecule has 5 heterocycles. The number of Topliss-reactive ketones (excluding diaryl/α,β-unsaturated/α-hetero) is 1. The SMILES string of the molecule is CC[C@H]1OC(=O)[C@H](C)[C@@H](OC2CC(C)(OC)C(O)C(C)O2)[C@H](C)[C@@H](OC2OC(C)CC(N(C)C)C2O)[C@](C)(OC)C[C@@H](C)C(=O)[C@H](C)[C@H]2N(/N=C/c3c(C)noc3-c3ccccc3)C(=O)O[C@]12C. The number of hydrogen-bond donors (Lipinski definition) is 2. The number of aliphatic hydroxyl groups excluding tert-OH is 2. The number of hydrazone groups is 1. The highest BCUT2D eigenvalue weighted by Crippen LogP contribution is 2.45. The van der Waals surface area contributed by atoms with E-state index >= 15 is 4.79 Å². The predicted octanol–water partition coefficient (Wildman–Crippen LogP) is 5.90. The molecule has 4 aliphatic rings. The molecule has 68 heavy (non-hydrogen) atoms. The number of benzene rings is 1. The van der Waals surface area contributed by atoms with Crippen LogP contribution >= 0.6 is 0 Å². The molecule has 0 radical (unpaired) electrons. The van der Waals surface area contributed by atoms with E-state index in [1.807, 2.05) is 77.0 Å². The van der Waals surface area contributed by atoms with E-state index in [0.29, 0.717) is 23.4 Å². The van der Waals surface area contributed by atoms with Gasteiger partial charge in [-0.05, 0) is 81.8 Å². The van der Waals surface area contributed by atoms with E-state index in [-0.39, 0.29) is 37.2 Å². The van der Waals surface area contributed by atoms with Gasteiger partial charge >= 0.3 is 12.1 Å². The number of hydrogen-bond acceptors (Lipinski definition) is 17. The average Bonchev–Trinajstić information content (AvgIpc) is 3.80. The van der Waals surface area contributed by atoms with Crippen molar-refractivity contribution in [3.63, 3.8) is 0 Å². The van der Waals surface area contributed by atoms with Crippen LogP contribution in [0.5, 0.6) is 0 Å². The summed E-state index contributed by atoms with van der Waals surface area (Å²) < 4.78 is 57.2. The lowest BCUT2D eigenvalue weighted by molar-refractivity contribution is -0.319. The van der Waals surface area contributed by atoms with Gasteiger partial charge in [-0.3, -0.25) is 9.59 Å². The number of esters is 1. The summed E-state index contributed by atoms with van der Waals surface area (Å²) in [5, 5.41) is 33.0. The summed E-state index contributed by atoms with van der Waals surface area (Å²) in [6.45, 7) is 19.6. The minimum Gasteiger partial charge on any atom is -0.458 e. The van der Waals surface area contributed by atoms with Crippen LogP contribution in [-0.4, -0.2) is 162 Å². The largest absolute Gasteiger partial charge is 0.458 e. The second-order valence-corrected chi connectivity index (χ2v) is 20.4. The van der Waals surface area contributed by atoms with Gasteiger partial charge in [-0.2, -0.15) is 10.1 Å². The van der Waals surface area contributed by atoms with Crippen molar-refractivity contribution in [1.29, 1.82) is 0 Å². The van der Waals surface area contributed by atoms with Crippen LogP contribution in [-0.2, 0) is 47.5 Å². The fourth-order valence-electron chi connectivity index (χ4n) is 11.1. The smallest absolute Gasteiger partial charge is 0.431 e. The Balaban J connectivity index is 1.47. The molecule has 0 bridgehead atoms. The number of nitrogens with zero attached hydrogens (tertiary/aromatic N) is 4. The van der Waals surface area contributed by atoms with Crippen LogP contribution in [0.1, 0.15) is 106 Å². The van der Waals surface area contributed by atoms with E-state index in [1.54, 1.807) is 48.5 Å². The Morgan fingerprint density at radius 2 is 1.59 bits per heavy atom. The predicted molar refractivity (Wildman–Crippen MR) is 249 cm³/mol. The fraction of sp³-hybridized carbons (Fsp3) is 0.740. The van der Waals surface area contributed by atoms with Gasteiger partial charge in [0.1, 0.15) is 30.1 Å². The number of aromatic nitrogens is 1. The second-order valence-electron chi connectivity index (χ2n) is 20.4. The fourth-order valence-corrected chi connectivity index (χ4v) is 11.1. The number of fused-ring (bicyclic) bond motifs is 1. The third-order valence-electron chi connectivity index (χ3n) is 15.3. The first-order chi connectivity index (χ1) is 31.9. The topological polar surface area (TPSA) is 210 Å². The molecule has 4 saturated heterocycles. The molecule has 2 aromatic rings. The maximum absolute atomic E-state index is 15.1.